The van der Waals surface area contributed by atoms with Gasteiger partial charge in [0.05, 0.1) is 0 Å². The molecule has 0 radical (unpaired) electrons. The average Bonchev–Trinajstić information content (AvgIpc) is 2.29. The van der Waals surface area contributed by atoms with Crippen LogP contribution in [0.3, 0.4) is 0 Å². The van der Waals surface area contributed by atoms with Crippen LogP contribution in [-0.2, 0) is 6.42 Å². The third kappa shape index (κ3) is 3.07. The van der Waals surface area contributed by atoms with Crippen LogP contribution in [0.1, 0.15) is 19.4 Å². The number of benzene rings is 2. The number of hydrogen-bond donors (Lipinski definition) is 1. The van der Waals surface area contributed by atoms with Gasteiger partial charge < -0.3 is 5.73 Å². The molecule has 2 aromatic carbocycles. The van der Waals surface area contributed by atoms with E-state index in [1.165, 1.54) is 16.3 Å². The molecule has 0 atom stereocenters. The lowest BCUT2D eigenvalue weighted by molar-refractivity contribution is 1.14. The van der Waals surface area contributed by atoms with Crippen molar-refractivity contribution >= 4 is 10.8 Å². The fourth-order valence-corrected chi connectivity index (χ4v) is 1.60. The fourth-order valence-electron chi connectivity index (χ4n) is 1.60. The zero-order valence-electron chi connectivity index (χ0n) is 9.53. The minimum Gasteiger partial charge on any atom is -0.331 e. The van der Waals surface area contributed by atoms with Gasteiger partial charge in [-0.3, -0.25) is 0 Å². The van der Waals surface area contributed by atoms with Crippen LogP contribution in [0.25, 0.3) is 10.8 Å². The van der Waals surface area contributed by atoms with E-state index in [4.69, 9.17) is 5.73 Å². The van der Waals surface area contributed by atoms with Crippen molar-refractivity contribution in [3.8, 4) is 0 Å². The highest BCUT2D eigenvalue weighted by Crippen LogP contribution is 2.18. The lowest BCUT2D eigenvalue weighted by Gasteiger charge is -2.02. The molecular formula is C14H19N. The standard InChI is InChI=1S/C12H12.C2H7N/c1-2-10-7-5-8-11-6-3-4-9-12(10)11;1-2-3/h3-9H,2H2,1H3;2-3H2,1H3. The first kappa shape index (κ1) is 11.7. The van der Waals surface area contributed by atoms with Gasteiger partial charge in [-0.15, -0.1) is 0 Å². The molecule has 2 N–H and O–H groups in total. The number of nitrogens with two attached hydrogens (primary N) is 1. The normalized spacial score (nSPS) is 9.53. The van der Waals surface area contributed by atoms with Gasteiger partial charge in [-0.2, -0.15) is 0 Å². The van der Waals surface area contributed by atoms with Crippen molar-refractivity contribution in [3.05, 3.63) is 48.0 Å². The summed E-state index contributed by atoms with van der Waals surface area (Å²) >= 11 is 0. The molecule has 0 saturated heterocycles. The van der Waals surface area contributed by atoms with Crippen molar-refractivity contribution in [2.75, 3.05) is 6.54 Å². The van der Waals surface area contributed by atoms with Crippen LogP contribution >= 0.6 is 0 Å². The lowest BCUT2D eigenvalue weighted by atomic mass is 10.0. The summed E-state index contributed by atoms with van der Waals surface area (Å²) in [6.07, 6.45) is 1.11. The van der Waals surface area contributed by atoms with Gasteiger partial charge in [-0.25, -0.2) is 0 Å². The molecule has 0 saturated carbocycles. The van der Waals surface area contributed by atoms with Crippen molar-refractivity contribution in [1.29, 1.82) is 0 Å². The van der Waals surface area contributed by atoms with Gasteiger partial charge in [-0.1, -0.05) is 56.3 Å². The topological polar surface area (TPSA) is 26.0 Å². The van der Waals surface area contributed by atoms with Gasteiger partial charge in [0.2, 0.25) is 0 Å². The Morgan fingerprint density at radius 2 is 1.53 bits per heavy atom. The van der Waals surface area contributed by atoms with Gasteiger partial charge in [0.1, 0.15) is 0 Å². The smallest absolute Gasteiger partial charge is 0.0106 e. The van der Waals surface area contributed by atoms with Gasteiger partial charge in [0, 0.05) is 0 Å². The highest BCUT2D eigenvalue weighted by Gasteiger charge is 1.95. The van der Waals surface area contributed by atoms with E-state index in [1.807, 2.05) is 6.92 Å². The summed E-state index contributed by atoms with van der Waals surface area (Å²) in [5.41, 5.74) is 6.29. The van der Waals surface area contributed by atoms with Gasteiger partial charge >= 0.3 is 0 Å². The zero-order valence-corrected chi connectivity index (χ0v) is 9.53. The second-order valence-corrected chi connectivity index (χ2v) is 3.40. The van der Waals surface area contributed by atoms with E-state index >= 15 is 0 Å². The van der Waals surface area contributed by atoms with E-state index < -0.39 is 0 Å². The van der Waals surface area contributed by atoms with Crippen molar-refractivity contribution in [1.82, 2.24) is 0 Å². The quantitative estimate of drug-likeness (QED) is 0.752. The maximum atomic E-state index is 4.85. The Hall–Kier alpha value is -1.34. The molecule has 0 unspecified atom stereocenters. The van der Waals surface area contributed by atoms with Crippen molar-refractivity contribution in [2.45, 2.75) is 20.3 Å². The molecule has 0 aliphatic carbocycles. The minimum atomic E-state index is 0.750. The van der Waals surface area contributed by atoms with Crippen molar-refractivity contribution in [3.63, 3.8) is 0 Å². The summed E-state index contributed by atoms with van der Waals surface area (Å²) in [4.78, 5) is 0. The van der Waals surface area contributed by atoms with E-state index in [0.29, 0.717) is 0 Å². The summed E-state index contributed by atoms with van der Waals surface area (Å²) < 4.78 is 0. The van der Waals surface area contributed by atoms with E-state index in [1.54, 1.807) is 0 Å². The van der Waals surface area contributed by atoms with Crippen molar-refractivity contribution in [2.24, 2.45) is 5.73 Å². The predicted octanol–water partition coefficient (Wildman–Crippen LogP) is 3.37. The fraction of sp³-hybridized carbons (Fsp3) is 0.286. The highest BCUT2D eigenvalue weighted by molar-refractivity contribution is 5.85. The number of rotatable bonds is 1. The second-order valence-electron chi connectivity index (χ2n) is 3.40. The Morgan fingerprint density at radius 3 is 2.20 bits per heavy atom. The van der Waals surface area contributed by atoms with E-state index in [9.17, 15) is 0 Å². The molecular weight excluding hydrogens is 182 g/mol. The Morgan fingerprint density at radius 1 is 0.933 bits per heavy atom. The number of fused-ring (bicyclic) bond motifs is 1. The lowest BCUT2D eigenvalue weighted by Crippen LogP contribution is -1.87. The second kappa shape index (κ2) is 6.20. The predicted molar refractivity (Wildman–Crippen MR) is 68.1 cm³/mol. The third-order valence-corrected chi connectivity index (χ3v) is 2.26. The van der Waals surface area contributed by atoms with Crippen LogP contribution in [0.4, 0.5) is 0 Å². The summed E-state index contributed by atoms with van der Waals surface area (Å²) in [6.45, 7) is 4.85. The monoisotopic (exact) mass is 201 g/mol. The van der Waals surface area contributed by atoms with Gasteiger partial charge in [-0.05, 0) is 29.3 Å². The van der Waals surface area contributed by atoms with Crippen LogP contribution in [0.15, 0.2) is 42.5 Å². The summed E-state index contributed by atoms with van der Waals surface area (Å²) in [5, 5.41) is 2.74. The molecule has 1 nitrogen and oxygen atoms in total. The van der Waals surface area contributed by atoms with Crippen LogP contribution in [0.5, 0.6) is 0 Å². The van der Waals surface area contributed by atoms with E-state index in [-0.39, 0.29) is 0 Å². The molecule has 0 fully saturated rings. The van der Waals surface area contributed by atoms with Gasteiger partial charge in [0.15, 0.2) is 0 Å². The molecule has 0 amide bonds. The average molecular weight is 201 g/mol. The van der Waals surface area contributed by atoms with E-state index in [0.717, 1.165) is 13.0 Å². The largest absolute Gasteiger partial charge is 0.331 e. The van der Waals surface area contributed by atoms with Crippen LogP contribution < -0.4 is 5.73 Å². The van der Waals surface area contributed by atoms with Gasteiger partial charge in [0.25, 0.3) is 0 Å². The first-order valence-electron chi connectivity index (χ1n) is 5.50. The summed E-state index contributed by atoms with van der Waals surface area (Å²) in [6, 6.07) is 15.0. The van der Waals surface area contributed by atoms with Crippen LogP contribution in [0.2, 0.25) is 0 Å². The highest BCUT2D eigenvalue weighted by atomic mass is 14.5. The summed E-state index contributed by atoms with van der Waals surface area (Å²) in [5.74, 6) is 0. The third-order valence-electron chi connectivity index (χ3n) is 2.26. The Balaban J connectivity index is 0.000000337. The Labute approximate surface area is 91.9 Å². The molecule has 0 bridgehead atoms. The molecule has 0 aliphatic heterocycles. The molecule has 2 aromatic rings. The van der Waals surface area contributed by atoms with Crippen molar-refractivity contribution < 1.29 is 0 Å². The zero-order chi connectivity index (χ0) is 11.1. The maximum Gasteiger partial charge on any atom is -0.0106 e. The first-order chi connectivity index (χ1) is 7.33. The summed E-state index contributed by atoms with van der Waals surface area (Å²) in [7, 11) is 0. The first-order valence-corrected chi connectivity index (χ1v) is 5.50. The molecule has 0 spiro atoms. The molecule has 80 valence electrons. The number of aryl methyl sites for hydroxylation is 1. The molecule has 0 aromatic heterocycles. The molecule has 1 heteroatoms. The SMILES string of the molecule is CCN.CCc1cccc2ccccc12. The number of hydrogen-bond acceptors (Lipinski definition) is 1. The minimum absolute atomic E-state index is 0.750. The molecule has 2 rings (SSSR count). The Bertz CT molecular complexity index is 402. The van der Waals surface area contributed by atoms with Crippen LogP contribution in [0, 0.1) is 0 Å². The molecule has 0 aliphatic rings. The maximum absolute atomic E-state index is 4.85. The van der Waals surface area contributed by atoms with Crippen LogP contribution in [-0.4, -0.2) is 6.54 Å². The molecule has 15 heavy (non-hydrogen) atoms. The Kier molecular flexibility index (Phi) is 4.85. The molecule has 0 heterocycles. The van der Waals surface area contributed by atoms with E-state index in [2.05, 4.69) is 49.4 Å².